The molecule has 0 aliphatic heterocycles. The van der Waals surface area contributed by atoms with Crippen LogP contribution in [-0.2, 0) is 24.6 Å². The van der Waals surface area contributed by atoms with Gasteiger partial charge in [0.15, 0.2) is 0 Å². The third kappa shape index (κ3) is 4.13. The van der Waals surface area contributed by atoms with Crippen molar-refractivity contribution < 1.29 is 18.0 Å². The summed E-state index contributed by atoms with van der Waals surface area (Å²) in [6.45, 7) is 3.28. The molecule has 0 saturated carbocycles. The molecule has 1 amide bonds. The molecule has 33 heavy (non-hydrogen) atoms. The van der Waals surface area contributed by atoms with Crippen molar-refractivity contribution in [2.45, 2.75) is 26.6 Å². The van der Waals surface area contributed by atoms with Gasteiger partial charge in [-0.3, -0.25) is 18.8 Å². The Hall–Kier alpha value is -3.88. The Morgan fingerprint density at radius 3 is 2.42 bits per heavy atom. The standard InChI is InChI=1S/C24H21F3N4O2/c1-14-8-7-11-18(15(14)2)28-19(32)13-31-20(33)12-17(24(25,26)27)21-22(29-30(3)23(21)31)16-9-5-4-6-10-16/h4-12H,13H2,1-3H3,(H,28,32). The average molecular weight is 454 g/mol. The molecule has 0 bridgehead atoms. The third-order valence-electron chi connectivity index (χ3n) is 5.61. The van der Waals surface area contributed by atoms with E-state index >= 15 is 0 Å². The molecule has 0 aliphatic carbocycles. The molecule has 2 aromatic heterocycles. The van der Waals surface area contributed by atoms with E-state index in [1.807, 2.05) is 19.9 Å². The number of carbonyl (C=O) groups is 1. The summed E-state index contributed by atoms with van der Waals surface area (Å²) >= 11 is 0. The second-order valence-corrected chi connectivity index (χ2v) is 7.81. The van der Waals surface area contributed by atoms with Gasteiger partial charge in [-0.05, 0) is 31.0 Å². The van der Waals surface area contributed by atoms with Crippen molar-refractivity contribution in [2.75, 3.05) is 5.32 Å². The van der Waals surface area contributed by atoms with Crippen LogP contribution in [0.5, 0.6) is 0 Å². The molecule has 0 atom stereocenters. The van der Waals surface area contributed by atoms with E-state index in [4.69, 9.17) is 0 Å². The van der Waals surface area contributed by atoms with Gasteiger partial charge in [-0.2, -0.15) is 18.3 Å². The molecule has 0 aliphatic rings. The molecule has 4 rings (SSSR count). The predicted molar refractivity (Wildman–Crippen MR) is 120 cm³/mol. The molecule has 0 unspecified atom stereocenters. The largest absolute Gasteiger partial charge is 0.417 e. The zero-order valence-corrected chi connectivity index (χ0v) is 18.2. The zero-order chi connectivity index (χ0) is 23.9. The smallest absolute Gasteiger partial charge is 0.324 e. The molecule has 9 heteroatoms. The predicted octanol–water partition coefficient (Wildman–Crippen LogP) is 4.68. The lowest BCUT2D eigenvalue weighted by Crippen LogP contribution is -2.30. The van der Waals surface area contributed by atoms with E-state index in [0.29, 0.717) is 17.3 Å². The van der Waals surface area contributed by atoms with Gasteiger partial charge >= 0.3 is 6.18 Å². The Morgan fingerprint density at radius 2 is 1.76 bits per heavy atom. The number of aromatic nitrogens is 3. The van der Waals surface area contributed by atoms with Crippen LogP contribution in [-0.4, -0.2) is 20.3 Å². The molecule has 0 radical (unpaired) electrons. The first kappa shape index (κ1) is 22.3. The summed E-state index contributed by atoms with van der Waals surface area (Å²) in [6, 6.07) is 14.4. The third-order valence-corrected chi connectivity index (χ3v) is 5.61. The number of anilines is 1. The zero-order valence-electron chi connectivity index (χ0n) is 18.2. The molecule has 6 nitrogen and oxygen atoms in total. The summed E-state index contributed by atoms with van der Waals surface area (Å²) < 4.78 is 43.9. The lowest BCUT2D eigenvalue weighted by Gasteiger charge is -2.15. The van der Waals surface area contributed by atoms with Crippen molar-refractivity contribution in [3.63, 3.8) is 0 Å². The van der Waals surface area contributed by atoms with Crippen molar-refractivity contribution in [3.05, 3.63) is 81.6 Å². The summed E-state index contributed by atoms with van der Waals surface area (Å²) in [7, 11) is 1.45. The molecular formula is C24H21F3N4O2. The van der Waals surface area contributed by atoms with Crippen LogP contribution in [0.2, 0.25) is 0 Å². The number of alkyl halides is 3. The van der Waals surface area contributed by atoms with Crippen LogP contribution in [0.1, 0.15) is 16.7 Å². The van der Waals surface area contributed by atoms with Crippen molar-refractivity contribution >= 4 is 22.6 Å². The summed E-state index contributed by atoms with van der Waals surface area (Å²) in [5.41, 5.74) is 0.872. The van der Waals surface area contributed by atoms with Crippen molar-refractivity contribution in [1.82, 2.24) is 14.3 Å². The monoisotopic (exact) mass is 454 g/mol. The van der Waals surface area contributed by atoms with Crippen LogP contribution >= 0.6 is 0 Å². The first-order chi connectivity index (χ1) is 15.6. The lowest BCUT2D eigenvalue weighted by molar-refractivity contribution is -0.136. The molecule has 2 aromatic carbocycles. The first-order valence-electron chi connectivity index (χ1n) is 10.2. The van der Waals surface area contributed by atoms with E-state index in [1.165, 1.54) is 11.7 Å². The van der Waals surface area contributed by atoms with Gasteiger partial charge in [0, 0.05) is 24.4 Å². The Morgan fingerprint density at radius 1 is 1.06 bits per heavy atom. The van der Waals surface area contributed by atoms with Gasteiger partial charge in [0.25, 0.3) is 5.56 Å². The summed E-state index contributed by atoms with van der Waals surface area (Å²) in [4.78, 5) is 25.5. The van der Waals surface area contributed by atoms with Crippen LogP contribution < -0.4 is 10.9 Å². The van der Waals surface area contributed by atoms with E-state index in [0.717, 1.165) is 15.7 Å². The molecule has 4 aromatic rings. The quantitative estimate of drug-likeness (QED) is 0.487. The minimum Gasteiger partial charge on any atom is -0.324 e. The lowest BCUT2D eigenvalue weighted by atomic mass is 10.0. The second-order valence-electron chi connectivity index (χ2n) is 7.81. The number of hydrogen-bond acceptors (Lipinski definition) is 3. The molecule has 0 spiro atoms. The van der Waals surface area contributed by atoms with Gasteiger partial charge in [0.2, 0.25) is 5.91 Å². The van der Waals surface area contributed by atoms with E-state index in [2.05, 4.69) is 10.4 Å². The number of fused-ring (bicyclic) bond motifs is 1. The minimum absolute atomic E-state index is 0.0789. The van der Waals surface area contributed by atoms with Crippen LogP contribution in [0.4, 0.5) is 18.9 Å². The van der Waals surface area contributed by atoms with Gasteiger partial charge in [-0.25, -0.2) is 0 Å². The molecule has 2 heterocycles. The maximum atomic E-state index is 13.9. The minimum atomic E-state index is -4.77. The highest BCUT2D eigenvalue weighted by Gasteiger charge is 2.37. The Kier molecular flexibility index (Phi) is 5.57. The highest BCUT2D eigenvalue weighted by molar-refractivity contribution is 5.96. The number of pyridine rings is 1. The van der Waals surface area contributed by atoms with Gasteiger partial charge in [0.05, 0.1) is 10.9 Å². The van der Waals surface area contributed by atoms with Crippen molar-refractivity contribution in [1.29, 1.82) is 0 Å². The maximum Gasteiger partial charge on any atom is 0.417 e. The van der Waals surface area contributed by atoms with Crippen LogP contribution in [0.25, 0.3) is 22.3 Å². The molecule has 1 N–H and O–H groups in total. The Labute approximate surface area is 187 Å². The maximum absolute atomic E-state index is 13.9. The van der Waals surface area contributed by atoms with Gasteiger partial charge in [0.1, 0.15) is 17.9 Å². The second kappa shape index (κ2) is 8.23. The summed E-state index contributed by atoms with van der Waals surface area (Å²) in [6.07, 6.45) is -4.77. The van der Waals surface area contributed by atoms with Crippen LogP contribution in [0, 0.1) is 13.8 Å². The number of nitrogens with one attached hydrogen (secondary N) is 1. The van der Waals surface area contributed by atoms with Crippen molar-refractivity contribution in [2.24, 2.45) is 7.05 Å². The van der Waals surface area contributed by atoms with Crippen molar-refractivity contribution in [3.8, 4) is 11.3 Å². The number of hydrogen-bond donors (Lipinski definition) is 1. The fourth-order valence-electron chi connectivity index (χ4n) is 3.84. The molecule has 0 fully saturated rings. The molecule has 170 valence electrons. The number of rotatable bonds is 4. The fourth-order valence-corrected chi connectivity index (χ4v) is 3.84. The number of benzene rings is 2. The highest BCUT2D eigenvalue weighted by Crippen LogP contribution is 2.38. The van der Waals surface area contributed by atoms with E-state index in [-0.39, 0.29) is 16.7 Å². The number of aryl methyl sites for hydroxylation is 2. The van der Waals surface area contributed by atoms with E-state index in [9.17, 15) is 22.8 Å². The number of amides is 1. The Bertz CT molecular complexity index is 1420. The number of halogens is 3. The van der Waals surface area contributed by atoms with Gasteiger partial charge in [-0.1, -0.05) is 42.5 Å². The molecular weight excluding hydrogens is 433 g/mol. The normalized spacial score (nSPS) is 11.7. The topological polar surface area (TPSA) is 68.9 Å². The number of nitrogens with zero attached hydrogens (tertiary/aromatic N) is 3. The van der Waals surface area contributed by atoms with E-state index in [1.54, 1.807) is 42.5 Å². The van der Waals surface area contributed by atoms with Gasteiger partial charge < -0.3 is 5.32 Å². The summed E-state index contributed by atoms with van der Waals surface area (Å²) in [5, 5.41) is 6.80. The van der Waals surface area contributed by atoms with E-state index < -0.39 is 29.8 Å². The summed E-state index contributed by atoms with van der Waals surface area (Å²) in [5.74, 6) is -0.533. The van der Waals surface area contributed by atoms with Crippen LogP contribution in [0.3, 0.4) is 0 Å². The SMILES string of the molecule is Cc1cccc(NC(=O)Cn2c(=O)cc(C(F)(F)F)c3c(-c4ccccc4)nn(C)c32)c1C. The van der Waals surface area contributed by atoms with Gasteiger partial charge in [-0.15, -0.1) is 0 Å². The first-order valence-corrected chi connectivity index (χ1v) is 10.2. The average Bonchev–Trinajstić information content (AvgIpc) is 3.10. The Balaban J connectivity index is 1.87. The molecule has 0 saturated heterocycles. The van der Waals surface area contributed by atoms with Crippen LogP contribution in [0.15, 0.2) is 59.4 Å². The fraction of sp³-hybridized carbons (Fsp3) is 0.208. The highest BCUT2D eigenvalue weighted by atomic mass is 19.4. The number of carbonyl (C=O) groups excluding carboxylic acids is 1.